The van der Waals surface area contributed by atoms with Crippen LogP contribution in [-0.2, 0) is 20.0 Å². The minimum Gasteiger partial charge on any atom is -0.206 e. The van der Waals surface area contributed by atoms with Crippen LogP contribution in [0, 0.1) is 0 Å². The second-order valence-corrected chi connectivity index (χ2v) is 6.84. The molecule has 0 atom stereocenters. The molecule has 0 amide bonds. The van der Waals surface area contributed by atoms with Gasteiger partial charge in [-0.05, 0) is 23.8 Å². The molecule has 0 saturated carbocycles. The molecule has 5 nitrogen and oxygen atoms in total. The molecule has 0 aliphatic carbocycles. The van der Waals surface area contributed by atoms with Gasteiger partial charge in [0.1, 0.15) is 0 Å². The van der Waals surface area contributed by atoms with Gasteiger partial charge in [0.2, 0.25) is 20.0 Å². The van der Waals surface area contributed by atoms with Gasteiger partial charge in [0, 0.05) is 0 Å². The minimum absolute atomic E-state index is 0.0170. The molecule has 0 aliphatic heterocycles. The minimum atomic E-state index is -3.95. The molecule has 0 aliphatic rings. The number of thiocarbonyl (C=S) groups is 1. The Morgan fingerprint density at radius 1 is 1.17 bits per heavy atom. The number of sulfonamides is 2. The number of hydrogen-bond donors (Lipinski definition) is 0. The molecule has 0 bridgehead atoms. The molecule has 0 heterocycles. The molecule has 72 valence electrons. The average Bonchev–Trinajstić information content (AvgIpc) is 1.49. The van der Waals surface area contributed by atoms with E-state index in [0.717, 1.165) is 0 Å². The highest BCUT2D eigenvalue weighted by Gasteiger charge is 2.28. The van der Waals surface area contributed by atoms with Crippen LogP contribution in [0.2, 0.25) is 0 Å². The summed E-state index contributed by atoms with van der Waals surface area (Å²) in [5.74, 6) is 0. The Bertz CT molecular complexity index is 350. The molecule has 12 heavy (non-hydrogen) atoms. The van der Waals surface area contributed by atoms with Crippen LogP contribution in [0.1, 0.15) is 0 Å². The Morgan fingerprint density at radius 3 is 1.42 bits per heavy atom. The molecule has 0 radical (unpaired) electrons. The molecule has 0 spiro atoms. The molecule has 0 aromatic rings. The van der Waals surface area contributed by atoms with Crippen molar-refractivity contribution in [2.45, 2.75) is 0 Å². The van der Waals surface area contributed by atoms with E-state index >= 15 is 0 Å². The monoisotopic (exact) mass is 251 g/mol. The van der Waals surface area contributed by atoms with E-state index < -0.39 is 24.5 Å². The van der Waals surface area contributed by atoms with E-state index in [-0.39, 0.29) is 3.71 Å². The lowest BCUT2D eigenvalue weighted by molar-refractivity contribution is 0.556. The lowest BCUT2D eigenvalue weighted by Crippen LogP contribution is -2.36. The second kappa shape index (κ2) is 3.44. The molecule has 0 unspecified atom stereocenters. The number of hydrogen-bond acceptors (Lipinski definition) is 5. The molecular formula is C3H6ClNO4S3. The summed E-state index contributed by atoms with van der Waals surface area (Å²) in [5.41, 5.74) is 0. The third kappa shape index (κ3) is 3.21. The number of nitrogens with zero attached hydrogens (tertiary/aromatic N) is 1. The maximum Gasteiger partial charge on any atom is 0.246 e. The first kappa shape index (κ1) is 12.1. The fourth-order valence-electron chi connectivity index (χ4n) is 0.507. The molecule has 0 saturated heterocycles. The van der Waals surface area contributed by atoms with E-state index in [9.17, 15) is 16.8 Å². The summed E-state index contributed by atoms with van der Waals surface area (Å²) >= 11 is 9.36. The first-order valence-electron chi connectivity index (χ1n) is 2.47. The summed E-state index contributed by atoms with van der Waals surface area (Å²) in [7, 11) is -7.90. The summed E-state index contributed by atoms with van der Waals surface area (Å²) in [5, 5.41) is 0. The van der Waals surface area contributed by atoms with Crippen LogP contribution in [0.15, 0.2) is 0 Å². The largest absolute Gasteiger partial charge is 0.246 e. The van der Waals surface area contributed by atoms with Crippen molar-refractivity contribution >= 4 is 48.3 Å². The van der Waals surface area contributed by atoms with Gasteiger partial charge in [-0.25, -0.2) is 16.8 Å². The normalized spacial score (nSPS) is 12.6. The first-order chi connectivity index (χ1) is 5.07. The molecule has 0 fully saturated rings. The van der Waals surface area contributed by atoms with Crippen LogP contribution in [0.5, 0.6) is 0 Å². The molecule has 0 N–H and O–H groups in total. The van der Waals surface area contributed by atoms with Gasteiger partial charge in [0.05, 0.1) is 12.5 Å². The van der Waals surface area contributed by atoms with Crippen molar-refractivity contribution in [2.24, 2.45) is 0 Å². The predicted molar refractivity (Wildman–Crippen MR) is 50.0 cm³/mol. The zero-order valence-electron chi connectivity index (χ0n) is 6.18. The van der Waals surface area contributed by atoms with E-state index in [0.29, 0.717) is 12.5 Å². The van der Waals surface area contributed by atoms with Crippen molar-refractivity contribution in [1.82, 2.24) is 3.71 Å². The summed E-state index contributed by atoms with van der Waals surface area (Å²) in [4.78, 5) is 0. The highest BCUT2D eigenvalue weighted by atomic mass is 35.5. The van der Waals surface area contributed by atoms with Crippen molar-refractivity contribution in [3.8, 4) is 0 Å². The van der Waals surface area contributed by atoms with E-state index in [4.69, 9.17) is 11.6 Å². The van der Waals surface area contributed by atoms with Gasteiger partial charge >= 0.3 is 0 Å². The van der Waals surface area contributed by atoms with Crippen LogP contribution in [0.25, 0.3) is 0 Å². The van der Waals surface area contributed by atoms with E-state index in [1.165, 1.54) is 0 Å². The fourth-order valence-corrected chi connectivity index (χ4v) is 4.56. The van der Waals surface area contributed by atoms with Crippen LogP contribution in [-0.4, -0.2) is 37.5 Å². The Kier molecular flexibility index (Phi) is 3.47. The van der Waals surface area contributed by atoms with Crippen molar-refractivity contribution in [3.63, 3.8) is 0 Å². The van der Waals surface area contributed by atoms with E-state index in [2.05, 4.69) is 12.2 Å². The van der Waals surface area contributed by atoms with Gasteiger partial charge in [-0.3, -0.25) is 0 Å². The first-order valence-corrected chi connectivity index (χ1v) is 6.95. The standard InChI is InChI=1S/C3H6ClNO4S3/c1-11(6,7)5(3(4)10)12(2,8)9/h1-2H3. The number of halogens is 1. The fraction of sp³-hybridized carbons (Fsp3) is 0.667. The van der Waals surface area contributed by atoms with Crippen LogP contribution >= 0.6 is 23.8 Å². The van der Waals surface area contributed by atoms with Gasteiger partial charge in [-0.2, -0.15) is 0 Å². The van der Waals surface area contributed by atoms with Crippen LogP contribution in [0.4, 0.5) is 0 Å². The smallest absolute Gasteiger partial charge is 0.206 e. The van der Waals surface area contributed by atoms with Gasteiger partial charge in [0.15, 0.2) is 4.45 Å². The topological polar surface area (TPSA) is 71.5 Å². The number of rotatable bonds is 2. The van der Waals surface area contributed by atoms with Crippen molar-refractivity contribution in [1.29, 1.82) is 0 Å². The second-order valence-electron chi connectivity index (χ2n) is 1.98. The highest BCUT2D eigenvalue weighted by Crippen LogP contribution is 2.09. The Hall–Kier alpha value is 0.0800. The zero-order chi connectivity index (χ0) is 10.2. The van der Waals surface area contributed by atoms with Crippen molar-refractivity contribution < 1.29 is 16.8 Å². The van der Waals surface area contributed by atoms with Gasteiger partial charge in [-0.1, -0.05) is 0 Å². The lowest BCUT2D eigenvalue weighted by Gasteiger charge is -2.15. The molecule has 0 aromatic carbocycles. The predicted octanol–water partition coefficient (Wildman–Crippen LogP) is -0.269. The van der Waals surface area contributed by atoms with Crippen molar-refractivity contribution in [2.75, 3.05) is 12.5 Å². The quantitative estimate of drug-likeness (QED) is 0.384. The summed E-state index contributed by atoms with van der Waals surface area (Å²) in [6.45, 7) is 0. The third-order valence-electron chi connectivity index (χ3n) is 0.746. The summed E-state index contributed by atoms with van der Waals surface area (Å²) < 4.78 is 42.4. The Labute approximate surface area is 81.4 Å². The molecule has 0 aromatic heterocycles. The van der Waals surface area contributed by atoms with Gasteiger partial charge in [-0.15, -0.1) is 3.71 Å². The average molecular weight is 252 g/mol. The lowest BCUT2D eigenvalue weighted by atomic mass is 11.5. The molecule has 0 rings (SSSR count). The van der Waals surface area contributed by atoms with Crippen molar-refractivity contribution in [3.05, 3.63) is 0 Å². The Morgan fingerprint density at radius 2 is 1.42 bits per heavy atom. The maximum atomic E-state index is 10.8. The maximum absolute atomic E-state index is 10.8. The third-order valence-corrected chi connectivity index (χ3v) is 4.72. The van der Waals surface area contributed by atoms with E-state index in [1.807, 2.05) is 0 Å². The van der Waals surface area contributed by atoms with Crippen LogP contribution < -0.4 is 0 Å². The SMILES string of the molecule is CS(=O)(=O)N(C(=S)Cl)S(C)(=O)=O. The van der Waals surface area contributed by atoms with Crippen LogP contribution in [0.3, 0.4) is 0 Å². The van der Waals surface area contributed by atoms with E-state index in [1.54, 1.807) is 0 Å². The van der Waals surface area contributed by atoms with Gasteiger partial charge in [0.25, 0.3) is 0 Å². The molecular weight excluding hydrogens is 246 g/mol. The molecule has 9 heteroatoms. The van der Waals surface area contributed by atoms with Gasteiger partial charge < -0.3 is 0 Å². The summed E-state index contributed by atoms with van der Waals surface area (Å²) in [6.07, 6.45) is 1.39. The Balaban J connectivity index is 5.42. The summed E-state index contributed by atoms with van der Waals surface area (Å²) in [6, 6.07) is 0. The zero-order valence-corrected chi connectivity index (χ0v) is 9.39. The highest BCUT2D eigenvalue weighted by molar-refractivity contribution is 8.06.